The van der Waals surface area contributed by atoms with E-state index < -0.39 is 0 Å². The summed E-state index contributed by atoms with van der Waals surface area (Å²) in [6.07, 6.45) is 2.52. The third-order valence-corrected chi connectivity index (χ3v) is 4.45. The van der Waals surface area contributed by atoms with E-state index in [0.29, 0.717) is 0 Å². The highest BCUT2D eigenvalue weighted by Gasteiger charge is 2.29. The van der Waals surface area contributed by atoms with Crippen molar-refractivity contribution >= 4 is 27.5 Å². The predicted octanol–water partition coefficient (Wildman–Crippen LogP) is 2.09. The molecule has 1 aliphatic heterocycles. The molecule has 3 nitrogen and oxygen atoms in total. The van der Waals surface area contributed by atoms with Crippen molar-refractivity contribution in [2.24, 2.45) is 5.92 Å². The lowest BCUT2D eigenvalue weighted by Gasteiger charge is -2.31. The minimum Gasteiger partial charge on any atom is -0.325 e. The Bertz CT molecular complexity index is 432. The molecule has 1 aromatic rings. The maximum Gasteiger partial charge on any atom is 0.282 e. The molecule has 4 heteroatoms. The Balaban J connectivity index is 1.93. The summed E-state index contributed by atoms with van der Waals surface area (Å²) in [5, 5.41) is 3.00. The van der Waals surface area contributed by atoms with Crippen LogP contribution in [0, 0.1) is 5.92 Å². The van der Waals surface area contributed by atoms with E-state index in [1.807, 2.05) is 31.2 Å². The van der Waals surface area contributed by atoms with Gasteiger partial charge in [0.1, 0.15) is 0 Å². The molecule has 1 saturated heterocycles. The number of carbonyl (C=O) groups is 1. The van der Waals surface area contributed by atoms with E-state index in [-0.39, 0.29) is 11.9 Å². The summed E-state index contributed by atoms with van der Waals surface area (Å²) in [4.78, 5) is 13.7. The first-order chi connectivity index (χ1) is 9.06. The zero-order chi connectivity index (χ0) is 13.8. The van der Waals surface area contributed by atoms with Crippen LogP contribution in [0.4, 0.5) is 5.69 Å². The number of likely N-dealkylation sites (tertiary alicyclic amines) is 1. The van der Waals surface area contributed by atoms with Crippen molar-refractivity contribution in [3.63, 3.8) is 0 Å². The van der Waals surface area contributed by atoms with Gasteiger partial charge in [-0.2, -0.15) is 0 Å². The summed E-state index contributed by atoms with van der Waals surface area (Å²) in [6.45, 7) is 6.52. The number of hydrogen-bond donors (Lipinski definition) is 2. The normalized spacial score (nSPS) is 24.8. The first-order valence-electron chi connectivity index (χ1n) is 6.97. The highest BCUT2D eigenvalue weighted by molar-refractivity contribution is 9.10. The third-order valence-electron chi connectivity index (χ3n) is 3.92. The average molecular weight is 326 g/mol. The lowest BCUT2D eigenvalue weighted by molar-refractivity contribution is -0.922. The number of benzene rings is 1. The molecule has 104 valence electrons. The molecule has 1 aliphatic rings. The zero-order valence-electron chi connectivity index (χ0n) is 11.6. The van der Waals surface area contributed by atoms with E-state index in [2.05, 4.69) is 28.2 Å². The molecule has 1 fully saturated rings. The van der Waals surface area contributed by atoms with Gasteiger partial charge in [0.15, 0.2) is 6.04 Å². The molecular formula is C15H22BrN2O+. The predicted molar refractivity (Wildman–Crippen MR) is 81.3 cm³/mol. The second-order valence-electron chi connectivity index (χ2n) is 5.58. The second kappa shape index (κ2) is 6.53. The van der Waals surface area contributed by atoms with E-state index in [4.69, 9.17) is 0 Å². The van der Waals surface area contributed by atoms with E-state index in [9.17, 15) is 4.79 Å². The number of hydrogen-bond acceptors (Lipinski definition) is 1. The number of anilines is 1. The highest BCUT2D eigenvalue weighted by atomic mass is 79.9. The van der Waals surface area contributed by atoms with E-state index in [0.717, 1.165) is 29.2 Å². The Morgan fingerprint density at radius 2 is 2.11 bits per heavy atom. The molecule has 1 amide bonds. The van der Waals surface area contributed by atoms with Gasteiger partial charge in [-0.25, -0.2) is 0 Å². The first-order valence-corrected chi connectivity index (χ1v) is 7.76. The summed E-state index contributed by atoms with van der Waals surface area (Å²) in [5.74, 6) is 0.845. The Hall–Kier alpha value is -0.870. The Kier molecular flexibility index (Phi) is 4.99. The van der Waals surface area contributed by atoms with Gasteiger partial charge in [0.2, 0.25) is 0 Å². The van der Waals surface area contributed by atoms with Crippen LogP contribution >= 0.6 is 15.9 Å². The molecule has 1 aromatic carbocycles. The molecule has 1 heterocycles. The van der Waals surface area contributed by atoms with Crippen LogP contribution in [0.3, 0.4) is 0 Å². The van der Waals surface area contributed by atoms with Crippen LogP contribution in [-0.2, 0) is 4.79 Å². The van der Waals surface area contributed by atoms with Crippen molar-refractivity contribution in [3.05, 3.63) is 28.7 Å². The van der Waals surface area contributed by atoms with Crippen LogP contribution in [0.1, 0.15) is 26.7 Å². The van der Waals surface area contributed by atoms with Crippen LogP contribution in [0.5, 0.6) is 0 Å². The third kappa shape index (κ3) is 4.05. The summed E-state index contributed by atoms with van der Waals surface area (Å²) in [6, 6.07) is 7.74. The van der Waals surface area contributed by atoms with Crippen molar-refractivity contribution in [3.8, 4) is 0 Å². The van der Waals surface area contributed by atoms with Crippen molar-refractivity contribution in [1.82, 2.24) is 0 Å². The Labute approximate surface area is 123 Å². The van der Waals surface area contributed by atoms with Crippen molar-refractivity contribution in [2.45, 2.75) is 32.7 Å². The Morgan fingerprint density at radius 1 is 1.42 bits per heavy atom. The molecule has 0 radical (unpaired) electrons. The molecule has 2 rings (SSSR count). The van der Waals surface area contributed by atoms with Crippen LogP contribution in [0.25, 0.3) is 0 Å². The lowest BCUT2D eigenvalue weighted by atomic mass is 9.99. The lowest BCUT2D eigenvalue weighted by Crippen LogP contribution is -3.17. The number of rotatable bonds is 3. The van der Waals surface area contributed by atoms with E-state index in [1.165, 1.54) is 17.7 Å². The number of amides is 1. The standard InChI is InChI=1S/C15H21BrN2O/c1-11-4-3-9-18(10-11)12(2)15(19)17-14-7-5-13(16)6-8-14/h5-8,11-12H,3-4,9-10H2,1-2H3,(H,17,19)/p+1/t11-,12+/m1/s1. The summed E-state index contributed by atoms with van der Waals surface area (Å²) in [7, 11) is 0. The van der Waals surface area contributed by atoms with Crippen LogP contribution in [0.2, 0.25) is 0 Å². The Morgan fingerprint density at radius 3 is 2.74 bits per heavy atom. The maximum atomic E-state index is 12.3. The van der Waals surface area contributed by atoms with Gasteiger partial charge < -0.3 is 10.2 Å². The highest BCUT2D eigenvalue weighted by Crippen LogP contribution is 2.14. The first kappa shape index (κ1) is 14.5. The van der Waals surface area contributed by atoms with Gasteiger partial charge in [-0.05, 0) is 44.0 Å². The van der Waals surface area contributed by atoms with Gasteiger partial charge in [-0.3, -0.25) is 4.79 Å². The van der Waals surface area contributed by atoms with Crippen molar-refractivity contribution in [1.29, 1.82) is 0 Å². The number of nitrogens with one attached hydrogen (secondary N) is 2. The SMILES string of the molecule is C[C@@H]1CCC[NH+]([C@@H](C)C(=O)Nc2ccc(Br)cc2)C1. The molecular weight excluding hydrogens is 304 g/mol. The topological polar surface area (TPSA) is 33.5 Å². The fourth-order valence-corrected chi connectivity index (χ4v) is 2.96. The molecule has 0 saturated carbocycles. The van der Waals surface area contributed by atoms with E-state index >= 15 is 0 Å². The maximum absolute atomic E-state index is 12.3. The molecule has 0 bridgehead atoms. The van der Waals surface area contributed by atoms with Gasteiger partial charge in [0.25, 0.3) is 5.91 Å². The molecule has 3 atom stereocenters. The smallest absolute Gasteiger partial charge is 0.282 e. The van der Waals surface area contributed by atoms with Gasteiger partial charge in [-0.15, -0.1) is 0 Å². The fraction of sp³-hybridized carbons (Fsp3) is 0.533. The largest absolute Gasteiger partial charge is 0.325 e. The summed E-state index contributed by atoms with van der Waals surface area (Å²) < 4.78 is 1.02. The van der Waals surface area contributed by atoms with Gasteiger partial charge in [0.05, 0.1) is 13.1 Å². The summed E-state index contributed by atoms with van der Waals surface area (Å²) >= 11 is 3.39. The fourth-order valence-electron chi connectivity index (χ4n) is 2.69. The number of halogens is 1. The second-order valence-corrected chi connectivity index (χ2v) is 6.49. The number of piperidine rings is 1. The van der Waals surface area contributed by atoms with Crippen molar-refractivity contribution in [2.75, 3.05) is 18.4 Å². The number of quaternary nitrogens is 1. The molecule has 0 aliphatic carbocycles. The molecule has 2 N–H and O–H groups in total. The van der Waals surface area contributed by atoms with Gasteiger partial charge in [-0.1, -0.05) is 22.9 Å². The molecule has 0 spiro atoms. The van der Waals surface area contributed by atoms with Crippen LogP contribution < -0.4 is 10.2 Å². The van der Waals surface area contributed by atoms with Crippen molar-refractivity contribution < 1.29 is 9.69 Å². The van der Waals surface area contributed by atoms with Gasteiger partial charge in [0, 0.05) is 16.1 Å². The monoisotopic (exact) mass is 325 g/mol. The average Bonchev–Trinajstić information content (AvgIpc) is 2.40. The number of carbonyl (C=O) groups excluding carboxylic acids is 1. The minimum atomic E-state index is 0.0198. The molecule has 19 heavy (non-hydrogen) atoms. The van der Waals surface area contributed by atoms with E-state index in [1.54, 1.807) is 0 Å². The zero-order valence-corrected chi connectivity index (χ0v) is 13.2. The molecule has 0 aromatic heterocycles. The molecule has 1 unspecified atom stereocenters. The van der Waals surface area contributed by atoms with Crippen LogP contribution in [0.15, 0.2) is 28.7 Å². The van der Waals surface area contributed by atoms with Crippen LogP contribution in [-0.4, -0.2) is 25.0 Å². The minimum absolute atomic E-state index is 0.0198. The summed E-state index contributed by atoms with van der Waals surface area (Å²) in [5.41, 5.74) is 0.865. The quantitative estimate of drug-likeness (QED) is 0.876. The van der Waals surface area contributed by atoms with Gasteiger partial charge >= 0.3 is 0 Å².